The van der Waals surface area contributed by atoms with E-state index in [1.807, 2.05) is 19.2 Å². The van der Waals surface area contributed by atoms with Gasteiger partial charge < -0.3 is 9.51 Å². The Bertz CT molecular complexity index is 516. The van der Waals surface area contributed by atoms with Crippen molar-refractivity contribution in [2.45, 2.75) is 6.92 Å². The lowest BCUT2D eigenvalue weighted by atomic mass is 10.3. The SMILES string of the molecule is Cc1cc(Cl)c2cc(C(=O)O)cn2c1. The molecular weight excluding hydrogens is 202 g/mol. The van der Waals surface area contributed by atoms with E-state index in [0.717, 1.165) is 11.1 Å². The van der Waals surface area contributed by atoms with Gasteiger partial charge in [0.1, 0.15) is 0 Å². The second-order valence-electron chi connectivity index (χ2n) is 3.19. The first-order valence-electron chi connectivity index (χ1n) is 4.09. The summed E-state index contributed by atoms with van der Waals surface area (Å²) in [6, 6.07) is 3.37. The summed E-state index contributed by atoms with van der Waals surface area (Å²) in [6.07, 6.45) is 3.39. The number of pyridine rings is 1. The van der Waals surface area contributed by atoms with E-state index in [2.05, 4.69) is 0 Å². The maximum absolute atomic E-state index is 10.7. The summed E-state index contributed by atoms with van der Waals surface area (Å²) in [5, 5.41) is 9.36. The fourth-order valence-corrected chi connectivity index (χ4v) is 1.75. The van der Waals surface area contributed by atoms with Gasteiger partial charge in [0, 0.05) is 12.4 Å². The van der Waals surface area contributed by atoms with E-state index in [1.54, 1.807) is 16.7 Å². The molecule has 0 aliphatic rings. The molecule has 1 N–H and O–H groups in total. The Morgan fingerprint density at radius 3 is 2.79 bits per heavy atom. The number of hydrogen-bond donors (Lipinski definition) is 1. The Kier molecular flexibility index (Phi) is 1.97. The van der Waals surface area contributed by atoms with Crippen LogP contribution in [0.4, 0.5) is 0 Å². The summed E-state index contributed by atoms with van der Waals surface area (Å²) in [7, 11) is 0. The first kappa shape index (κ1) is 9.09. The summed E-state index contributed by atoms with van der Waals surface area (Å²) < 4.78 is 1.72. The summed E-state index contributed by atoms with van der Waals surface area (Å²) in [5.41, 5.74) is 1.96. The number of carbonyl (C=O) groups is 1. The minimum absolute atomic E-state index is 0.248. The van der Waals surface area contributed by atoms with E-state index in [0.29, 0.717) is 5.02 Å². The predicted octanol–water partition coefficient (Wildman–Crippen LogP) is 2.60. The molecule has 0 unspecified atom stereocenters. The zero-order valence-electron chi connectivity index (χ0n) is 7.49. The number of carboxylic acid groups (broad SMARTS) is 1. The van der Waals surface area contributed by atoms with Crippen LogP contribution in [0, 0.1) is 6.92 Å². The smallest absolute Gasteiger partial charge is 0.337 e. The van der Waals surface area contributed by atoms with E-state index < -0.39 is 5.97 Å². The zero-order chi connectivity index (χ0) is 10.3. The summed E-state index contributed by atoms with van der Waals surface area (Å²) in [6.45, 7) is 1.91. The number of hydrogen-bond acceptors (Lipinski definition) is 1. The Morgan fingerprint density at radius 2 is 2.14 bits per heavy atom. The van der Waals surface area contributed by atoms with E-state index >= 15 is 0 Å². The van der Waals surface area contributed by atoms with Gasteiger partial charge in [-0.15, -0.1) is 0 Å². The normalized spacial score (nSPS) is 10.7. The molecule has 4 heteroatoms. The second-order valence-corrected chi connectivity index (χ2v) is 3.60. The zero-order valence-corrected chi connectivity index (χ0v) is 8.25. The molecule has 0 atom stereocenters. The molecule has 72 valence electrons. The van der Waals surface area contributed by atoms with Gasteiger partial charge in [-0.25, -0.2) is 4.79 Å². The molecule has 0 aromatic carbocycles. The van der Waals surface area contributed by atoms with E-state index in [9.17, 15) is 4.79 Å². The molecule has 3 nitrogen and oxygen atoms in total. The fourth-order valence-electron chi connectivity index (χ4n) is 1.43. The maximum atomic E-state index is 10.7. The van der Waals surface area contributed by atoms with Crippen LogP contribution in [0.25, 0.3) is 5.52 Å². The first-order chi connectivity index (χ1) is 6.58. The van der Waals surface area contributed by atoms with Gasteiger partial charge >= 0.3 is 5.97 Å². The van der Waals surface area contributed by atoms with Crippen LogP contribution >= 0.6 is 11.6 Å². The standard InChI is InChI=1S/C10H8ClNO2/c1-6-2-8(11)9-3-7(10(13)14)5-12(9)4-6/h2-5H,1H3,(H,13,14). The third-order valence-electron chi connectivity index (χ3n) is 2.04. The Hall–Kier alpha value is -1.48. The van der Waals surface area contributed by atoms with E-state index in [1.165, 1.54) is 0 Å². The van der Waals surface area contributed by atoms with Gasteiger partial charge in [-0.3, -0.25) is 0 Å². The Labute approximate surface area is 85.5 Å². The highest BCUT2D eigenvalue weighted by Gasteiger charge is 2.08. The number of aryl methyl sites for hydroxylation is 1. The molecule has 14 heavy (non-hydrogen) atoms. The molecular formula is C10H8ClNO2. The van der Waals surface area contributed by atoms with Crippen molar-refractivity contribution < 1.29 is 9.90 Å². The third kappa shape index (κ3) is 1.36. The lowest BCUT2D eigenvalue weighted by Crippen LogP contribution is -1.92. The molecule has 0 fully saturated rings. The number of rotatable bonds is 1. The molecule has 0 saturated heterocycles. The first-order valence-corrected chi connectivity index (χ1v) is 4.47. The molecule has 0 aliphatic carbocycles. The molecule has 0 bridgehead atoms. The number of aromatic carboxylic acids is 1. The monoisotopic (exact) mass is 209 g/mol. The highest BCUT2D eigenvalue weighted by atomic mass is 35.5. The van der Waals surface area contributed by atoms with Crippen molar-refractivity contribution in [3.63, 3.8) is 0 Å². The van der Waals surface area contributed by atoms with Crippen LogP contribution in [-0.2, 0) is 0 Å². The molecule has 2 rings (SSSR count). The quantitative estimate of drug-likeness (QED) is 0.785. The van der Waals surface area contributed by atoms with Gasteiger partial charge in [-0.05, 0) is 24.6 Å². The average Bonchev–Trinajstić information content (AvgIpc) is 2.47. The van der Waals surface area contributed by atoms with Crippen LogP contribution in [0.5, 0.6) is 0 Å². The van der Waals surface area contributed by atoms with Crippen LogP contribution in [0.15, 0.2) is 24.5 Å². The van der Waals surface area contributed by atoms with Crippen LogP contribution in [0.3, 0.4) is 0 Å². The molecule has 0 amide bonds. The fraction of sp³-hybridized carbons (Fsp3) is 0.100. The van der Waals surface area contributed by atoms with Crippen molar-refractivity contribution >= 4 is 23.1 Å². The lowest BCUT2D eigenvalue weighted by molar-refractivity contribution is 0.0697. The Balaban J connectivity index is 2.76. The average molecular weight is 210 g/mol. The van der Waals surface area contributed by atoms with Gasteiger partial charge in [0.25, 0.3) is 0 Å². The van der Waals surface area contributed by atoms with Crippen LogP contribution < -0.4 is 0 Å². The molecule has 2 aromatic rings. The second kappa shape index (κ2) is 3.03. The van der Waals surface area contributed by atoms with Gasteiger partial charge in [0.2, 0.25) is 0 Å². The molecule has 0 radical (unpaired) electrons. The van der Waals surface area contributed by atoms with Gasteiger partial charge in [-0.1, -0.05) is 11.6 Å². The van der Waals surface area contributed by atoms with Crippen molar-refractivity contribution in [2.24, 2.45) is 0 Å². The van der Waals surface area contributed by atoms with Gasteiger partial charge in [0.15, 0.2) is 0 Å². The number of carboxylic acids is 1. The van der Waals surface area contributed by atoms with Gasteiger partial charge in [0.05, 0.1) is 16.1 Å². The largest absolute Gasteiger partial charge is 0.478 e. The minimum atomic E-state index is -0.942. The highest BCUT2D eigenvalue weighted by Crippen LogP contribution is 2.21. The molecule has 2 aromatic heterocycles. The van der Waals surface area contributed by atoms with Crippen LogP contribution in [0.1, 0.15) is 15.9 Å². The van der Waals surface area contributed by atoms with Crippen molar-refractivity contribution in [1.29, 1.82) is 0 Å². The summed E-state index contributed by atoms with van der Waals surface area (Å²) in [5.74, 6) is -0.942. The highest BCUT2D eigenvalue weighted by molar-refractivity contribution is 6.34. The summed E-state index contributed by atoms with van der Waals surface area (Å²) in [4.78, 5) is 10.7. The van der Waals surface area contributed by atoms with Crippen LogP contribution in [0.2, 0.25) is 5.02 Å². The number of fused-ring (bicyclic) bond motifs is 1. The number of aromatic nitrogens is 1. The predicted molar refractivity (Wildman–Crippen MR) is 54.1 cm³/mol. The van der Waals surface area contributed by atoms with Crippen molar-refractivity contribution in [3.8, 4) is 0 Å². The van der Waals surface area contributed by atoms with E-state index in [-0.39, 0.29) is 5.56 Å². The topological polar surface area (TPSA) is 41.7 Å². The summed E-state index contributed by atoms with van der Waals surface area (Å²) >= 11 is 5.97. The molecule has 0 spiro atoms. The lowest BCUT2D eigenvalue weighted by Gasteiger charge is -1.98. The maximum Gasteiger partial charge on any atom is 0.337 e. The molecule has 2 heterocycles. The number of nitrogens with zero attached hydrogens (tertiary/aromatic N) is 1. The third-order valence-corrected chi connectivity index (χ3v) is 2.34. The van der Waals surface area contributed by atoms with Gasteiger partial charge in [-0.2, -0.15) is 0 Å². The van der Waals surface area contributed by atoms with Crippen molar-refractivity contribution in [3.05, 3.63) is 40.7 Å². The van der Waals surface area contributed by atoms with Crippen molar-refractivity contribution in [2.75, 3.05) is 0 Å². The molecule has 0 saturated carbocycles. The van der Waals surface area contributed by atoms with Crippen molar-refractivity contribution in [1.82, 2.24) is 4.40 Å². The minimum Gasteiger partial charge on any atom is -0.478 e. The van der Waals surface area contributed by atoms with E-state index in [4.69, 9.17) is 16.7 Å². The van der Waals surface area contributed by atoms with Crippen LogP contribution in [-0.4, -0.2) is 15.5 Å². The molecule has 0 aliphatic heterocycles. The number of halogens is 1. The Morgan fingerprint density at radius 1 is 1.43 bits per heavy atom.